The van der Waals surface area contributed by atoms with E-state index in [0.717, 1.165) is 18.3 Å². The molecule has 0 aliphatic carbocycles. The van der Waals surface area contributed by atoms with Gasteiger partial charge in [0, 0.05) is 6.54 Å². The fourth-order valence-corrected chi connectivity index (χ4v) is 2.79. The van der Waals surface area contributed by atoms with Gasteiger partial charge in [-0.2, -0.15) is 4.98 Å². The van der Waals surface area contributed by atoms with Crippen molar-refractivity contribution in [3.05, 3.63) is 11.7 Å². The molecule has 2 saturated heterocycles. The number of aromatic nitrogens is 2. The molecule has 0 spiro atoms. The molecule has 2 bridgehead atoms. The van der Waals surface area contributed by atoms with Gasteiger partial charge >= 0.3 is 11.9 Å². The molecule has 0 saturated carbocycles. The minimum Gasteiger partial charge on any atom is -0.473 e. The van der Waals surface area contributed by atoms with E-state index in [1.807, 2.05) is 6.92 Å². The molecule has 20 heavy (non-hydrogen) atoms. The Kier molecular flexibility index (Phi) is 4.03. The van der Waals surface area contributed by atoms with E-state index in [9.17, 15) is 0 Å². The first-order valence-electron chi connectivity index (χ1n) is 6.42. The van der Waals surface area contributed by atoms with Gasteiger partial charge in [-0.3, -0.25) is 0 Å². The molecule has 2 unspecified atom stereocenters. The predicted octanol–water partition coefficient (Wildman–Crippen LogP) is 0.271. The zero-order valence-electron chi connectivity index (χ0n) is 11.2. The summed E-state index contributed by atoms with van der Waals surface area (Å²) in [6, 6.07) is 0. The van der Waals surface area contributed by atoms with E-state index >= 15 is 0 Å². The third-order valence-corrected chi connectivity index (χ3v) is 3.73. The minimum atomic E-state index is -1.82. The van der Waals surface area contributed by atoms with Crippen LogP contribution in [0.25, 0.3) is 0 Å². The van der Waals surface area contributed by atoms with Crippen LogP contribution in [0.5, 0.6) is 0 Å². The molecule has 3 heterocycles. The Bertz CT molecular complexity index is 499. The molecule has 110 valence electrons. The minimum absolute atomic E-state index is 0.194. The van der Waals surface area contributed by atoms with Gasteiger partial charge < -0.3 is 19.6 Å². The number of fused-ring (bicyclic) bond motifs is 2. The molecule has 2 N–H and O–H groups in total. The molecular formula is C12H17N3O5. The molecule has 0 amide bonds. The van der Waals surface area contributed by atoms with Gasteiger partial charge in [0.25, 0.3) is 0 Å². The number of carboxylic acid groups (broad SMARTS) is 2. The number of carboxylic acids is 2. The second-order valence-corrected chi connectivity index (χ2v) is 5.17. The zero-order chi connectivity index (χ0) is 14.8. The lowest BCUT2D eigenvalue weighted by atomic mass is 9.81. The molecule has 0 aromatic carbocycles. The van der Waals surface area contributed by atoms with Crippen molar-refractivity contribution in [1.82, 2.24) is 15.0 Å². The highest BCUT2D eigenvalue weighted by molar-refractivity contribution is 6.27. The van der Waals surface area contributed by atoms with Crippen molar-refractivity contribution in [2.24, 2.45) is 0 Å². The molecule has 3 rings (SSSR count). The smallest absolute Gasteiger partial charge is 0.414 e. The van der Waals surface area contributed by atoms with Crippen LogP contribution in [0.3, 0.4) is 0 Å². The summed E-state index contributed by atoms with van der Waals surface area (Å²) in [6.07, 6.45) is 3.67. The van der Waals surface area contributed by atoms with Crippen LogP contribution in [-0.4, -0.2) is 56.8 Å². The van der Waals surface area contributed by atoms with E-state index < -0.39 is 11.9 Å². The maximum Gasteiger partial charge on any atom is 0.414 e. The average molecular weight is 283 g/mol. The molecule has 2 atom stereocenters. The summed E-state index contributed by atoms with van der Waals surface area (Å²) in [7, 11) is 0. The van der Waals surface area contributed by atoms with E-state index in [2.05, 4.69) is 15.0 Å². The fourth-order valence-electron chi connectivity index (χ4n) is 2.79. The van der Waals surface area contributed by atoms with Gasteiger partial charge in [0.05, 0.1) is 5.41 Å². The van der Waals surface area contributed by atoms with Gasteiger partial charge in [-0.25, -0.2) is 9.59 Å². The molecule has 1 aromatic rings. The van der Waals surface area contributed by atoms with Crippen LogP contribution in [0.1, 0.15) is 31.0 Å². The summed E-state index contributed by atoms with van der Waals surface area (Å²) in [6.45, 7) is 5.45. The van der Waals surface area contributed by atoms with E-state index in [-0.39, 0.29) is 5.41 Å². The molecule has 1 aromatic heterocycles. The third-order valence-electron chi connectivity index (χ3n) is 3.73. The molecule has 2 aliphatic heterocycles. The Morgan fingerprint density at radius 1 is 1.25 bits per heavy atom. The standard InChI is InChI=1S/C10H15N3O.C2H2O4/c1-8-11-9(14-12-8)10-3-2-5-13(7-10)6-4-10;3-1(4)2(5)6/h2-7H2,1H3;(H,3,4)(H,5,6). The Labute approximate surface area is 115 Å². The van der Waals surface area contributed by atoms with E-state index in [1.165, 1.54) is 32.4 Å². The lowest BCUT2D eigenvalue weighted by Gasteiger charge is -2.30. The molecule has 8 heteroatoms. The van der Waals surface area contributed by atoms with Crippen LogP contribution in [0.2, 0.25) is 0 Å². The van der Waals surface area contributed by atoms with Crippen molar-refractivity contribution >= 4 is 11.9 Å². The first-order valence-corrected chi connectivity index (χ1v) is 6.42. The predicted molar refractivity (Wildman–Crippen MR) is 66.3 cm³/mol. The SMILES string of the molecule is Cc1noc(C23CCCN(CC2)C3)n1.O=C(O)C(=O)O. The summed E-state index contributed by atoms with van der Waals surface area (Å²) in [5.41, 5.74) is 0.194. The zero-order valence-corrected chi connectivity index (χ0v) is 11.2. The summed E-state index contributed by atoms with van der Waals surface area (Å²) < 4.78 is 5.34. The lowest BCUT2D eigenvalue weighted by Crippen LogP contribution is -2.37. The average Bonchev–Trinajstić information content (AvgIpc) is 2.96. The number of hydrogen-bond acceptors (Lipinski definition) is 6. The third kappa shape index (κ3) is 2.96. The van der Waals surface area contributed by atoms with Gasteiger partial charge in [-0.05, 0) is 39.3 Å². The van der Waals surface area contributed by atoms with Crippen molar-refractivity contribution in [2.75, 3.05) is 19.6 Å². The highest BCUT2D eigenvalue weighted by atomic mass is 16.5. The van der Waals surface area contributed by atoms with Crippen LogP contribution >= 0.6 is 0 Å². The topological polar surface area (TPSA) is 117 Å². The van der Waals surface area contributed by atoms with Crippen molar-refractivity contribution < 1.29 is 24.3 Å². The van der Waals surface area contributed by atoms with Crippen LogP contribution in [0.15, 0.2) is 4.52 Å². The van der Waals surface area contributed by atoms with Crippen molar-refractivity contribution in [2.45, 2.75) is 31.6 Å². The van der Waals surface area contributed by atoms with Crippen molar-refractivity contribution in [3.63, 3.8) is 0 Å². The van der Waals surface area contributed by atoms with Gasteiger partial charge in [0.1, 0.15) is 0 Å². The molecule has 2 fully saturated rings. The first-order chi connectivity index (χ1) is 9.43. The highest BCUT2D eigenvalue weighted by Crippen LogP contribution is 2.41. The Morgan fingerprint density at radius 3 is 2.50 bits per heavy atom. The van der Waals surface area contributed by atoms with Gasteiger partial charge in [0.2, 0.25) is 5.89 Å². The largest absolute Gasteiger partial charge is 0.473 e. The maximum absolute atomic E-state index is 9.10. The Morgan fingerprint density at radius 2 is 1.95 bits per heavy atom. The summed E-state index contributed by atoms with van der Waals surface area (Å²) in [5.74, 6) is -2.01. The van der Waals surface area contributed by atoms with Gasteiger partial charge in [-0.15, -0.1) is 0 Å². The number of piperidine rings is 1. The van der Waals surface area contributed by atoms with Crippen LogP contribution in [0, 0.1) is 6.92 Å². The number of aliphatic carboxylic acids is 2. The number of carbonyl (C=O) groups is 2. The van der Waals surface area contributed by atoms with Gasteiger partial charge in [-0.1, -0.05) is 5.16 Å². The number of nitrogens with zero attached hydrogens (tertiary/aromatic N) is 3. The molecular weight excluding hydrogens is 266 g/mol. The van der Waals surface area contributed by atoms with Crippen LogP contribution < -0.4 is 0 Å². The quantitative estimate of drug-likeness (QED) is 0.705. The monoisotopic (exact) mass is 283 g/mol. The molecule has 0 radical (unpaired) electrons. The van der Waals surface area contributed by atoms with E-state index in [4.69, 9.17) is 24.3 Å². The van der Waals surface area contributed by atoms with Crippen molar-refractivity contribution in [3.8, 4) is 0 Å². The highest BCUT2D eigenvalue weighted by Gasteiger charge is 2.46. The van der Waals surface area contributed by atoms with E-state index in [1.54, 1.807) is 0 Å². The normalized spacial score (nSPS) is 27.6. The van der Waals surface area contributed by atoms with Crippen molar-refractivity contribution in [1.29, 1.82) is 0 Å². The second kappa shape index (κ2) is 5.58. The number of rotatable bonds is 1. The number of hydrogen-bond donors (Lipinski definition) is 2. The maximum atomic E-state index is 9.10. The first kappa shape index (κ1) is 14.4. The van der Waals surface area contributed by atoms with Crippen LogP contribution in [0.4, 0.5) is 0 Å². The molecule has 8 nitrogen and oxygen atoms in total. The molecule has 2 aliphatic rings. The van der Waals surface area contributed by atoms with Gasteiger partial charge in [0.15, 0.2) is 5.82 Å². The number of aryl methyl sites for hydroxylation is 1. The summed E-state index contributed by atoms with van der Waals surface area (Å²) in [5, 5.41) is 18.7. The second-order valence-electron chi connectivity index (χ2n) is 5.17. The summed E-state index contributed by atoms with van der Waals surface area (Å²) in [4.78, 5) is 25.1. The fraction of sp³-hybridized carbons (Fsp3) is 0.667. The van der Waals surface area contributed by atoms with Crippen LogP contribution in [-0.2, 0) is 15.0 Å². The lowest BCUT2D eigenvalue weighted by molar-refractivity contribution is -0.159. The van der Waals surface area contributed by atoms with E-state index in [0.29, 0.717) is 0 Å². The summed E-state index contributed by atoms with van der Waals surface area (Å²) >= 11 is 0. The Hall–Kier alpha value is -1.96. The Balaban J connectivity index is 0.000000212.